The predicted octanol–water partition coefficient (Wildman–Crippen LogP) is 1.47. The van der Waals surface area contributed by atoms with Crippen molar-refractivity contribution in [3.63, 3.8) is 0 Å². The third-order valence-corrected chi connectivity index (χ3v) is 3.58. The largest absolute Gasteiger partial charge is 0.497 e. The number of ether oxygens (including phenoxy) is 3. The number of hydrogen-bond acceptors (Lipinski definition) is 4. The van der Waals surface area contributed by atoms with Crippen LogP contribution in [0, 0.1) is 5.92 Å². The van der Waals surface area contributed by atoms with Crippen molar-refractivity contribution in [2.45, 2.75) is 12.5 Å². The Balaban J connectivity index is 1.91. The Kier molecular flexibility index (Phi) is 5.83. The van der Waals surface area contributed by atoms with Crippen LogP contribution in [-0.2, 0) is 9.47 Å². The topological polar surface area (TPSA) is 78.1 Å². The standard InChI is InChI=1S/C15H23N3O3/c1-19-13-5-3-4-12(8-13)18-15(16)17-9-11-6-7-21-10-14(11)20-2/h3-5,8,11,14H,6-7,9-10H2,1-2H3,(H3,16,17,18). The van der Waals surface area contributed by atoms with Crippen molar-refractivity contribution < 1.29 is 14.2 Å². The molecule has 21 heavy (non-hydrogen) atoms. The summed E-state index contributed by atoms with van der Waals surface area (Å²) in [6.07, 6.45) is 1.03. The van der Waals surface area contributed by atoms with Crippen LogP contribution in [0.4, 0.5) is 5.69 Å². The van der Waals surface area contributed by atoms with Crippen LogP contribution in [0.15, 0.2) is 29.3 Å². The monoisotopic (exact) mass is 293 g/mol. The van der Waals surface area contributed by atoms with Gasteiger partial charge in [-0.15, -0.1) is 0 Å². The summed E-state index contributed by atoms with van der Waals surface area (Å²) in [7, 11) is 3.33. The summed E-state index contributed by atoms with van der Waals surface area (Å²) >= 11 is 0. The Hall–Kier alpha value is -1.79. The summed E-state index contributed by atoms with van der Waals surface area (Å²) in [6.45, 7) is 2.01. The average Bonchev–Trinajstić information content (AvgIpc) is 2.53. The minimum atomic E-state index is 0.0899. The van der Waals surface area contributed by atoms with E-state index in [0.29, 0.717) is 25.0 Å². The van der Waals surface area contributed by atoms with Crippen molar-refractivity contribution in [3.05, 3.63) is 24.3 Å². The van der Waals surface area contributed by atoms with Gasteiger partial charge in [0.2, 0.25) is 0 Å². The van der Waals surface area contributed by atoms with Gasteiger partial charge in [0, 0.05) is 37.9 Å². The number of nitrogens with two attached hydrogens (primary N) is 1. The molecule has 2 unspecified atom stereocenters. The van der Waals surface area contributed by atoms with Crippen LogP contribution in [-0.4, -0.2) is 46.0 Å². The van der Waals surface area contributed by atoms with E-state index in [0.717, 1.165) is 24.5 Å². The highest BCUT2D eigenvalue weighted by atomic mass is 16.5. The third kappa shape index (κ3) is 4.61. The first-order valence-electron chi connectivity index (χ1n) is 7.04. The van der Waals surface area contributed by atoms with Gasteiger partial charge in [-0.1, -0.05) is 6.07 Å². The molecule has 0 bridgehead atoms. The lowest BCUT2D eigenvalue weighted by Gasteiger charge is -2.29. The van der Waals surface area contributed by atoms with E-state index in [4.69, 9.17) is 19.9 Å². The smallest absolute Gasteiger partial charge is 0.193 e. The van der Waals surface area contributed by atoms with Crippen LogP contribution in [0.3, 0.4) is 0 Å². The normalized spacial score (nSPS) is 22.9. The maximum absolute atomic E-state index is 5.93. The molecular weight excluding hydrogens is 270 g/mol. The Morgan fingerprint density at radius 3 is 3.10 bits per heavy atom. The summed E-state index contributed by atoms with van der Waals surface area (Å²) in [6, 6.07) is 7.56. The number of hydrogen-bond donors (Lipinski definition) is 2. The second-order valence-corrected chi connectivity index (χ2v) is 4.98. The van der Waals surface area contributed by atoms with Gasteiger partial charge in [0.25, 0.3) is 0 Å². The number of nitrogens with one attached hydrogen (secondary N) is 1. The minimum absolute atomic E-state index is 0.0899. The second-order valence-electron chi connectivity index (χ2n) is 4.98. The van der Waals surface area contributed by atoms with Crippen molar-refractivity contribution in [1.82, 2.24) is 0 Å². The lowest BCUT2D eigenvalue weighted by atomic mass is 9.97. The molecule has 2 rings (SSSR count). The van der Waals surface area contributed by atoms with Gasteiger partial charge in [0.15, 0.2) is 5.96 Å². The van der Waals surface area contributed by atoms with Gasteiger partial charge in [-0.05, 0) is 18.6 Å². The highest BCUT2D eigenvalue weighted by molar-refractivity contribution is 5.92. The number of nitrogens with zero attached hydrogens (tertiary/aromatic N) is 1. The Morgan fingerprint density at radius 1 is 1.48 bits per heavy atom. The molecule has 6 nitrogen and oxygen atoms in total. The fourth-order valence-electron chi connectivity index (χ4n) is 2.33. The Morgan fingerprint density at radius 2 is 2.33 bits per heavy atom. The first-order chi connectivity index (χ1) is 10.2. The zero-order valence-corrected chi connectivity index (χ0v) is 12.5. The van der Waals surface area contributed by atoms with E-state index in [2.05, 4.69) is 10.3 Å². The molecule has 3 N–H and O–H groups in total. The van der Waals surface area contributed by atoms with E-state index in [1.54, 1.807) is 14.2 Å². The molecule has 1 fully saturated rings. The quantitative estimate of drug-likeness (QED) is 0.635. The molecule has 1 aliphatic rings. The molecule has 0 spiro atoms. The molecule has 0 aliphatic carbocycles. The lowest BCUT2D eigenvalue weighted by molar-refractivity contribution is -0.0624. The Labute approximate surface area is 125 Å². The molecule has 0 aromatic heterocycles. The van der Waals surface area contributed by atoms with Crippen molar-refractivity contribution in [1.29, 1.82) is 0 Å². The number of guanidine groups is 1. The summed E-state index contributed by atoms with van der Waals surface area (Å²) in [5, 5.41) is 3.06. The predicted molar refractivity (Wildman–Crippen MR) is 82.8 cm³/mol. The van der Waals surface area contributed by atoms with Crippen molar-refractivity contribution in [2.75, 3.05) is 39.3 Å². The van der Waals surface area contributed by atoms with Gasteiger partial charge in [-0.25, -0.2) is 0 Å². The molecule has 1 heterocycles. The van der Waals surface area contributed by atoms with Gasteiger partial charge in [0.05, 0.1) is 19.8 Å². The number of rotatable bonds is 5. The van der Waals surface area contributed by atoms with E-state index in [9.17, 15) is 0 Å². The van der Waals surface area contributed by atoms with E-state index < -0.39 is 0 Å². The number of methoxy groups -OCH3 is 2. The molecule has 0 amide bonds. The summed E-state index contributed by atoms with van der Waals surface area (Å²) < 4.78 is 16.0. The van der Waals surface area contributed by atoms with E-state index in [1.807, 2.05) is 24.3 Å². The van der Waals surface area contributed by atoms with Crippen LogP contribution in [0.1, 0.15) is 6.42 Å². The molecule has 0 saturated carbocycles. The van der Waals surface area contributed by atoms with Crippen LogP contribution in [0.2, 0.25) is 0 Å². The van der Waals surface area contributed by atoms with Gasteiger partial charge in [0.1, 0.15) is 5.75 Å². The minimum Gasteiger partial charge on any atom is -0.497 e. The van der Waals surface area contributed by atoms with Crippen molar-refractivity contribution in [2.24, 2.45) is 16.6 Å². The van der Waals surface area contributed by atoms with Gasteiger partial charge in [-0.2, -0.15) is 0 Å². The summed E-state index contributed by atoms with van der Waals surface area (Å²) in [5.41, 5.74) is 6.78. The molecule has 1 aliphatic heterocycles. The van der Waals surface area contributed by atoms with Crippen LogP contribution >= 0.6 is 0 Å². The molecule has 1 aromatic carbocycles. The van der Waals surface area contributed by atoms with E-state index in [-0.39, 0.29) is 6.10 Å². The van der Waals surface area contributed by atoms with E-state index in [1.165, 1.54) is 0 Å². The second kappa shape index (κ2) is 7.85. The van der Waals surface area contributed by atoms with Gasteiger partial charge < -0.3 is 25.3 Å². The number of aliphatic imine (C=N–C) groups is 1. The third-order valence-electron chi connectivity index (χ3n) is 3.58. The zero-order valence-electron chi connectivity index (χ0n) is 12.5. The fraction of sp³-hybridized carbons (Fsp3) is 0.533. The molecule has 1 saturated heterocycles. The number of anilines is 1. The average molecular weight is 293 g/mol. The molecule has 0 radical (unpaired) electrons. The molecule has 1 aromatic rings. The molecule has 116 valence electrons. The van der Waals surface area contributed by atoms with Gasteiger partial charge in [-0.3, -0.25) is 4.99 Å². The van der Waals surface area contributed by atoms with Gasteiger partial charge >= 0.3 is 0 Å². The SMILES string of the molecule is COc1cccc(NC(N)=NCC2CCOCC2OC)c1. The summed E-state index contributed by atoms with van der Waals surface area (Å²) in [5.74, 6) is 1.51. The van der Waals surface area contributed by atoms with Crippen LogP contribution in [0.5, 0.6) is 5.75 Å². The summed E-state index contributed by atoms with van der Waals surface area (Å²) in [4.78, 5) is 4.40. The van der Waals surface area contributed by atoms with Crippen molar-refractivity contribution in [3.8, 4) is 5.75 Å². The molecule has 6 heteroatoms. The highest BCUT2D eigenvalue weighted by Gasteiger charge is 2.25. The highest BCUT2D eigenvalue weighted by Crippen LogP contribution is 2.19. The zero-order chi connectivity index (χ0) is 15.1. The van der Waals surface area contributed by atoms with E-state index >= 15 is 0 Å². The lowest BCUT2D eigenvalue weighted by Crippen LogP contribution is -2.36. The van der Waals surface area contributed by atoms with Crippen LogP contribution < -0.4 is 15.8 Å². The maximum atomic E-state index is 5.93. The van der Waals surface area contributed by atoms with Crippen molar-refractivity contribution >= 4 is 11.6 Å². The number of benzene rings is 1. The molecule has 2 atom stereocenters. The fourth-order valence-corrected chi connectivity index (χ4v) is 2.33. The first kappa shape index (κ1) is 15.6. The molecular formula is C15H23N3O3. The maximum Gasteiger partial charge on any atom is 0.193 e. The van der Waals surface area contributed by atoms with Crippen LogP contribution in [0.25, 0.3) is 0 Å². The Bertz CT molecular complexity index is 479. The first-order valence-corrected chi connectivity index (χ1v) is 7.04.